The van der Waals surface area contributed by atoms with Crippen LogP contribution in [0.1, 0.15) is 40.5 Å². The summed E-state index contributed by atoms with van der Waals surface area (Å²) in [5.41, 5.74) is 2.63. The fraction of sp³-hybridized carbons (Fsp3) is 0.867. The highest BCUT2D eigenvalue weighted by Crippen LogP contribution is 2.63. The molecule has 3 fully saturated rings. The van der Waals surface area contributed by atoms with Gasteiger partial charge in [0.25, 0.3) is 0 Å². The average molecular weight is 219 g/mol. The van der Waals surface area contributed by atoms with E-state index in [0.717, 1.165) is 11.8 Å². The highest BCUT2D eigenvalue weighted by atomic mass is 15.2. The molecule has 0 amide bonds. The lowest BCUT2D eigenvalue weighted by atomic mass is 9.89. The second kappa shape index (κ2) is 2.86. The molecule has 2 saturated carbocycles. The summed E-state index contributed by atoms with van der Waals surface area (Å²) in [6.45, 7) is 16.6. The zero-order valence-electron chi connectivity index (χ0n) is 11.2. The van der Waals surface area contributed by atoms with Crippen LogP contribution in [0.5, 0.6) is 0 Å². The van der Waals surface area contributed by atoms with E-state index in [-0.39, 0.29) is 0 Å². The Morgan fingerprint density at radius 2 is 1.69 bits per heavy atom. The third-order valence-electron chi connectivity index (χ3n) is 6.11. The fourth-order valence-corrected chi connectivity index (χ4v) is 3.67. The number of hydrogen-bond donors (Lipinski definition) is 0. The van der Waals surface area contributed by atoms with E-state index in [1.807, 2.05) is 0 Å². The van der Waals surface area contributed by atoms with Crippen LogP contribution in [0.3, 0.4) is 0 Å². The monoisotopic (exact) mass is 219 g/mol. The number of rotatable bonds is 3. The first kappa shape index (κ1) is 10.7. The van der Waals surface area contributed by atoms with Gasteiger partial charge in [-0.15, -0.1) is 0 Å². The Balaban J connectivity index is 1.62. The molecule has 0 radical (unpaired) electrons. The first-order valence-electron chi connectivity index (χ1n) is 6.80. The Bertz CT molecular complexity index is 323. The van der Waals surface area contributed by atoms with Crippen molar-refractivity contribution in [3.63, 3.8) is 0 Å². The third kappa shape index (κ3) is 1.30. The standard InChI is InChI=1S/C15H25N/c1-10(15(5)6-7-15)11(2)16-8-12-13(9-16)14(12,3)4/h10,12-13H,2,6-9H2,1,3-5H3. The molecule has 1 heteroatoms. The van der Waals surface area contributed by atoms with Gasteiger partial charge in [0.15, 0.2) is 0 Å². The summed E-state index contributed by atoms with van der Waals surface area (Å²) < 4.78 is 0. The first-order chi connectivity index (χ1) is 7.36. The Morgan fingerprint density at radius 1 is 1.19 bits per heavy atom. The average Bonchev–Trinajstić information content (AvgIpc) is 2.97. The maximum Gasteiger partial charge on any atom is 0.0212 e. The maximum absolute atomic E-state index is 4.37. The molecule has 0 aromatic rings. The van der Waals surface area contributed by atoms with Gasteiger partial charge in [-0.1, -0.05) is 34.3 Å². The summed E-state index contributed by atoms with van der Waals surface area (Å²) in [7, 11) is 0. The van der Waals surface area contributed by atoms with Crippen molar-refractivity contribution in [3.05, 3.63) is 12.3 Å². The maximum atomic E-state index is 4.37. The summed E-state index contributed by atoms with van der Waals surface area (Å²) in [4.78, 5) is 2.58. The molecule has 3 unspecified atom stereocenters. The van der Waals surface area contributed by atoms with Crippen LogP contribution in [0.25, 0.3) is 0 Å². The minimum atomic E-state index is 0.583. The van der Waals surface area contributed by atoms with Crippen LogP contribution in [0.15, 0.2) is 12.3 Å². The first-order valence-corrected chi connectivity index (χ1v) is 6.80. The molecule has 1 aliphatic heterocycles. The van der Waals surface area contributed by atoms with Crippen LogP contribution in [0.4, 0.5) is 0 Å². The van der Waals surface area contributed by atoms with Crippen LogP contribution in [-0.4, -0.2) is 18.0 Å². The van der Waals surface area contributed by atoms with E-state index in [0.29, 0.717) is 16.7 Å². The van der Waals surface area contributed by atoms with Crippen molar-refractivity contribution in [2.45, 2.75) is 40.5 Å². The van der Waals surface area contributed by atoms with Crippen LogP contribution < -0.4 is 0 Å². The van der Waals surface area contributed by atoms with Crippen LogP contribution in [0, 0.1) is 28.6 Å². The van der Waals surface area contributed by atoms with Crippen molar-refractivity contribution in [2.75, 3.05) is 13.1 Å². The number of hydrogen-bond acceptors (Lipinski definition) is 1. The Labute approximate surface area is 99.9 Å². The van der Waals surface area contributed by atoms with Crippen LogP contribution in [-0.2, 0) is 0 Å². The van der Waals surface area contributed by atoms with Crippen LogP contribution in [0.2, 0.25) is 0 Å². The van der Waals surface area contributed by atoms with Gasteiger partial charge < -0.3 is 4.90 Å². The summed E-state index contributed by atoms with van der Waals surface area (Å²) in [6.07, 6.45) is 2.80. The molecule has 3 atom stereocenters. The summed E-state index contributed by atoms with van der Waals surface area (Å²) in [6, 6.07) is 0. The van der Waals surface area contributed by atoms with Crippen molar-refractivity contribution >= 4 is 0 Å². The van der Waals surface area contributed by atoms with E-state index in [1.165, 1.54) is 31.6 Å². The summed E-state index contributed by atoms with van der Waals surface area (Å²) in [5, 5.41) is 0. The minimum absolute atomic E-state index is 0.583. The SMILES string of the molecule is C=C(C(C)C1(C)CC1)N1CC2C(C1)C2(C)C. The zero-order valence-corrected chi connectivity index (χ0v) is 11.2. The Morgan fingerprint density at radius 3 is 2.12 bits per heavy atom. The second-order valence-corrected chi connectivity index (χ2v) is 7.31. The Hall–Kier alpha value is -0.460. The molecule has 2 aliphatic carbocycles. The smallest absolute Gasteiger partial charge is 0.0212 e. The topological polar surface area (TPSA) is 3.24 Å². The molecular weight excluding hydrogens is 194 g/mol. The molecule has 1 heterocycles. The molecule has 1 saturated heterocycles. The lowest BCUT2D eigenvalue weighted by molar-refractivity contribution is 0.256. The lowest BCUT2D eigenvalue weighted by Gasteiger charge is -2.32. The molecule has 16 heavy (non-hydrogen) atoms. The van der Waals surface area contributed by atoms with Gasteiger partial charge in [0.05, 0.1) is 0 Å². The van der Waals surface area contributed by atoms with Crippen molar-refractivity contribution in [1.29, 1.82) is 0 Å². The molecule has 0 spiro atoms. The van der Waals surface area contributed by atoms with E-state index < -0.39 is 0 Å². The van der Waals surface area contributed by atoms with E-state index in [4.69, 9.17) is 0 Å². The fourth-order valence-electron chi connectivity index (χ4n) is 3.67. The van der Waals surface area contributed by atoms with Crippen molar-refractivity contribution < 1.29 is 0 Å². The van der Waals surface area contributed by atoms with Crippen molar-refractivity contribution in [3.8, 4) is 0 Å². The van der Waals surface area contributed by atoms with Gasteiger partial charge in [-0.05, 0) is 35.5 Å². The van der Waals surface area contributed by atoms with Gasteiger partial charge >= 0.3 is 0 Å². The van der Waals surface area contributed by atoms with E-state index in [1.54, 1.807) is 0 Å². The third-order valence-corrected chi connectivity index (χ3v) is 6.11. The number of piperidine rings is 1. The van der Waals surface area contributed by atoms with Crippen LogP contribution >= 0.6 is 0 Å². The zero-order chi connectivity index (χ0) is 11.7. The highest BCUT2D eigenvalue weighted by molar-refractivity contribution is 5.18. The number of fused-ring (bicyclic) bond motifs is 1. The molecule has 0 aromatic heterocycles. The highest BCUT2D eigenvalue weighted by Gasteiger charge is 2.62. The number of nitrogens with zero attached hydrogens (tertiary/aromatic N) is 1. The lowest BCUT2D eigenvalue weighted by Crippen LogP contribution is -2.30. The molecular formula is C15H25N. The molecule has 3 aliphatic rings. The quantitative estimate of drug-likeness (QED) is 0.702. The molecule has 0 bridgehead atoms. The van der Waals surface area contributed by atoms with Gasteiger partial charge in [0, 0.05) is 24.7 Å². The summed E-state index contributed by atoms with van der Waals surface area (Å²) in [5.74, 6) is 2.58. The predicted molar refractivity (Wildman–Crippen MR) is 68.0 cm³/mol. The minimum Gasteiger partial charge on any atom is -0.374 e. The molecule has 90 valence electrons. The summed E-state index contributed by atoms with van der Waals surface area (Å²) >= 11 is 0. The largest absolute Gasteiger partial charge is 0.374 e. The molecule has 1 nitrogen and oxygen atoms in total. The van der Waals surface area contributed by atoms with Gasteiger partial charge in [-0.25, -0.2) is 0 Å². The molecule has 0 aromatic carbocycles. The van der Waals surface area contributed by atoms with Crippen molar-refractivity contribution in [1.82, 2.24) is 4.90 Å². The number of likely N-dealkylation sites (tertiary alicyclic amines) is 1. The van der Waals surface area contributed by atoms with Gasteiger partial charge in [-0.3, -0.25) is 0 Å². The second-order valence-electron chi connectivity index (χ2n) is 7.31. The predicted octanol–water partition coefficient (Wildman–Crippen LogP) is 3.52. The van der Waals surface area contributed by atoms with E-state index in [9.17, 15) is 0 Å². The molecule has 3 rings (SSSR count). The van der Waals surface area contributed by atoms with Gasteiger partial charge in [0.2, 0.25) is 0 Å². The number of allylic oxidation sites excluding steroid dienone is 1. The Kier molecular flexibility index (Phi) is 1.91. The van der Waals surface area contributed by atoms with Gasteiger partial charge in [-0.2, -0.15) is 0 Å². The van der Waals surface area contributed by atoms with Crippen molar-refractivity contribution in [2.24, 2.45) is 28.6 Å². The normalized spacial score (nSPS) is 39.1. The van der Waals surface area contributed by atoms with Gasteiger partial charge in [0.1, 0.15) is 0 Å². The van der Waals surface area contributed by atoms with E-state index in [2.05, 4.69) is 39.2 Å². The molecule has 0 N–H and O–H groups in total. The van der Waals surface area contributed by atoms with E-state index >= 15 is 0 Å².